The van der Waals surface area contributed by atoms with E-state index < -0.39 is 11.8 Å². The SMILES string of the molecule is COc1ccc(C(=O)CCC(=O)OC2(C)CC=CO2)cc1. The second kappa shape index (κ2) is 6.43. The van der Waals surface area contributed by atoms with Gasteiger partial charge in [0.25, 0.3) is 5.79 Å². The Balaban J connectivity index is 1.81. The lowest BCUT2D eigenvalue weighted by atomic mass is 10.1. The predicted octanol–water partition coefficient (Wildman–Crippen LogP) is 2.85. The highest BCUT2D eigenvalue weighted by atomic mass is 16.7. The minimum atomic E-state index is -0.930. The van der Waals surface area contributed by atoms with Crippen LogP contribution in [-0.2, 0) is 14.3 Å². The van der Waals surface area contributed by atoms with Crippen molar-refractivity contribution in [3.63, 3.8) is 0 Å². The van der Waals surface area contributed by atoms with E-state index in [0.717, 1.165) is 0 Å². The number of Topliss-reactive ketones (excluding diaryl/α,β-unsaturated/α-hetero) is 1. The molecule has 5 nitrogen and oxygen atoms in total. The largest absolute Gasteiger partial charge is 0.497 e. The van der Waals surface area contributed by atoms with Crippen LogP contribution >= 0.6 is 0 Å². The molecule has 1 aliphatic rings. The lowest BCUT2D eigenvalue weighted by Crippen LogP contribution is -2.30. The summed E-state index contributed by atoms with van der Waals surface area (Å²) in [6.45, 7) is 1.69. The summed E-state index contributed by atoms with van der Waals surface area (Å²) in [6.07, 6.45) is 3.95. The molecule has 0 saturated heterocycles. The van der Waals surface area contributed by atoms with Gasteiger partial charge in [-0.1, -0.05) is 0 Å². The zero-order valence-electron chi connectivity index (χ0n) is 12.1. The molecule has 5 heteroatoms. The molecule has 1 atom stereocenters. The van der Waals surface area contributed by atoms with Crippen molar-refractivity contribution in [1.29, 1.82) is 0 Å². The molecule has 1 aromatic carbocycles. The van der Waals surface area contributed by atoms with Gasteiger partial charge in [-0.3, -0.25) is 9.59 Å². The Kier molecular flexibility index (Phi) is 4.62. The number of hydrogen-bond donors (Lipinski definition) is 0. The summed E-state index contributed by atoms with van der Waals surface area (Å²) in [5, 5.41) is 0. The topological polar surface area (TPSA) is 61.8 Å². The molecule has 0 aromatic heterocycles. The van der Waals surface area contributed by atoms with Gasteiger partial charge in [-0.05, 0) is 30.3 Å². The number of benzene rings is 1. The highest BCUT2D eigenvalue weighted by molar-refractivity contribution is 5.97. The van der Waals surface area contributed by atoms with Gasteiger partial charge in [-0.15, -0.1) is 0 Å². The van der Waals surface area contributed by atoms with Crippen LogP contribution in [-0.4, -0.2) is 24.6 Å². The monoisotopic (exact) mass is 290 g/mol. The molecule has 0 fully saturated rings. The third-order valence-corrected chi connectivity index (χ3v) is 3.20. The van der Waals surface area contributed by atoms with Crippen molar-refractivity contribution >= 4 is 11.8 Å². The van der Waals surface area contributed by atoms with Crippen LogP contribution in [0.5, 0.6) is 5.75 Å². The highest BCUT2D eigenvalue weighted by Crippen LogP contribution is 2.24. The minimum Gasteiger partial charge on any atom is -0.497 e. The third-order valence-electron chi connectivity index (χ3n) is 3.20. The second-order valence-corrected chi connectivity index (χ2v) is 4.95. The summed E-state index contributed by atoms with van der Waals surface area (Å²) in [5.74, 6) is -0.793. The summed E-state index contributed by atoms with van der Waals surface area (Å²) < 4.78 is 15.5. The lowest BCUT2D eigenvalue weighted by Gasteiger charge is -2.23. The molecule has 0 radical (unpaired) electrons. The minimum absolute atomic E-state index is 0.0316. The Hall–Kier alpha value is -2.30. The molecule has 112 valence electrons. The smallest absolute Gasteiger partial charge is 0.309 e. The summed E-state index contributed by atoms with van der Waals surface area (Å²) in [7, 11) is 1.56. The van der Waals surface area contributed by atoms with E-state index in [0.29, 0.717) is 17.7 Å². The van der Waals surface area contributed by atoms with Crippen LogP contribution in [0.2, 0.25) is 0 Å². The number of carbonyl (C=O) groups is 2. The maximum Gasteiger partial charge on any atom is 0.309 e. The van der Waals surface area contributed by atoms with E-state index in [2.05, 4.69) is 0 Å². The van der Waals surface area contributed by atoms with E-state index in [1.54, 1.807) is 44.4 Å². The Labute approximate surface area is 123 Å². The summed E-state index contributed by atoms with van der Waals surface area (Å²) >= 11 is 0. The zero-order chi connectivity index (χ0) is 15.3. The van der Waals surface area contributed by atoms with Gasteiger partial charge in [0.05, 0.1) is 19.8 Å². The number of hydrogen-bond acceptors (Lipinski definition) is 5. The van der Waals surface area contributed by atoms with E-state index in [1.165, 1.54) is 6.26 Å². The first-order valence-corrected chi connectivity index (χ1v) is 6.74. The Bertz CT molecular complexity index is 536. The van der Waals surface area contributed by atoms with E-state index >= 15 is 0 Å². The van der Waals surface area contributed by atoms with Crippen molar-refractivity contribution in [3.8, 4) is 5.75 Å². The fraction of sp³-hybridized carbons (Fsp3) is 0.375. The molecule has 1 aliphatic heterocycles. The number of carbonyl (C=O) groups excluding carboxylic acids is 2. The molecule has 0 N–H and O–H groups in total. The van der Waals surface area contributed by atoms with Gasteiger partial charge >= 0.3 is 5.97 Å². The van der Waals surface area contributed by atoms with Crippen molar-refractivity contribution in [2.75, 3.05) is 7.11 Å². The number of ether oxygens (including phenoxy) is 3. The molecule has 0 saturated carbocycles. The molecule has 0 bridgehead atoms. The van der Waals surface area contributed by atoms with Gasteiger partial charge in [0.1, 0.15) is 5.75 Å². The Morgan fingerprint density at radius 2 is 1.95 bits per heavy atom. The summed E-state index contributed by atoms with van der Waals surface area (Å²) in [4.78, 5) is 23.7. The van der Waals surface area contributed by atoms with Crippen molar-refractivity contribution < 1.29 is 23.8 Å². The molecule has 0 aliphatic carbocycles. The van der Waals surface area contributed by atoms with Crippen LogP contribution < -0.4 is 4.74 Å². The Morgan fingerprint density at radius 3 is 2.52 bits per heavy atom. The van der Waals surface area contributed by atoms with Gasteiger partial charge in [0.15, 0.2) is 5.78 Å². The van der Waals surface area contributed by atoms with E-state index in [9.17, 15) is 9.59 Å². The first-order chi connectivity index (χ1) is 10.0. The molecule has 1 heterocycles. The number of ketones is 1. The molecule has 1 aromatic rings. The highest BCUT2D eigenvalue weighted by Gasteiger charge is 2.31. The molecule has 0 amide bonds. The quantitative estimate of drug-likeness (QED) is 0.595. The van der Waals surface area contributed by atoms with Crippen LogP contribution in [0.1, 0.15) is 36.5 Å². The normalized spacial score (nSPS) is 19.9. The van der Waals surface area contributed by atoms with Crippen molar-refractivity contribution in [2.24, 2.45) is 0 Å². The van der Waals surface area contributed by atoms with E-state index in [-0.39, 0.29) is 18.6 Å². The second-order valence-electron chi connectivity index (χ2n) is 4.95. The van der Waals surface area contributed by atoms with E-state index in [4.69, 9.17) is 14.2 Å². The average molecular weight is 290 g/mol. The fourth-order valence-electron chi connectivity index (χ4n) is 2.00. The van der Waals surface area contributed by atoms with Crippen LogP contribution in [0.25, 0.3) is 0 Å². The van der Waals surface area contributed by atoms with E-state index in [1.807, 2.05) is 0 Å². The number of rotatable bonds is 6. The van der Waals surface area contributed by atoms with Gasteiger partial charge in [-0.25, -0.2) is 0 Å². The lowest BCUT2D eigenvalue weighted by molar-refractivity contribution is -0.197. The fourth-order valence-corrected chi connectivity index (χ4v) is 2.00. The maximum atomic E-state index is 12.0. The maximum absolute atomic E-state index is 12.0. The number of esters is 1. The molecule has 1 unspecified atom stereocenters. The summed E-state index contributed by atoms with van der Waals surface area (Å²) in [5.41, 5.74) is 0.550. The zero-order valence-corrected chi connectivity index (χ0v) is 12.1. The van der Waals surface area contributed by atoms with Gasteiger partial charge in [-0.2, -0.15) is 0 Å². The van der Waals surface area contributed by atoms with Crippen molar-refractivity contribution in [2.45, 2.75) is 32.0 Å². The van der Waals surface area contributed by atoms with Gasteiger partial charge < -0.3 is 14.2 Å². The molecule has 2 rings (SSSR count). The molecular weight excluding hydrogens is 272 g/mol. The van der Waals surface area contributed by atoms with Crippen LogP contribution in [0.3, 0.4) is 0 Å². The number of methoxy groups -OCH3 is 1. The van der Waals surface area contributed by atoms with Gasteiger partial charge in [0, 0.05) is 25.3 Å². The van der Waals surface area contributed by atoms with Crippen LogP contribution in [0.15, 0.2) is 36.6 Å². The van der Waals surface area contributed by atoms with Crippen LogP contribution in [0, 0.1) is 0 Å². The van der Waals surface area contributed by atoms with Gasteiger partial charge in [0.2, 0.25) is 0 Å². The standard InChI is InChI=1S/C16H18O5/c1-16(10-3-11-20-16)21-15(18)9-8-14(17)12-4-6-13(19-2)7-5-12/h3-7,11H,8-10H2,1-2H3. The van der Waals surface area contributed by atoms with Crippen molar-refractivity contribution in [1.82, 2.24) is 0 Å². The molecule has 21 heavy (non-hydrogen) atoms. The predicted molar refractivity (Wildman–Crippen MR) is 75.9 cm³/mol. The molecular formula is C16H18O5. The van der Waals surface area contributed by atoms with Crippen molar-refractivity contribution in [3.05, 3.63) is 42.2 Å². The first-order valence-electron chi connectivity index (χ1n) is 6.74. The third kappa shape index (κ3) is 4.08. The van der Waals surface area contributed by atoms with Crippen LogP contribution in [0.4, 0.5) is 0 Å². The first kappa shape index (κ1) is 15.1. The average Bonchev–Trinajstić information content (AvgIpc) is 2.91. The molecule has 0 spiro atoms. The Morgan fingerprint density at radius 1 is 1.24 bits per heavy atom. The summed E-state index contributed by atoms with van der Waals surface area (Å²) in [6, 6.07) is 6.78.